The molecule has 0 unspecified atom stereocenters. The van der Waals surface area contributed by atoms with Gasteiger partial charge in [-0.3, -0.25) is 9.78 Å². The number of aromatic nitrogens is 1. The summed E-state index contributed by atoms with van der Waals surface area (Å²) in [6.07, 6.45) is 1.84. The van der Waals surface area contributed by atoms with Crippen molar-refractivity contribution in [3.63, 3.8) is 0 Å². The van der Waals surface area contributed by atoms with E-state index < -0.39 is 0 Å². The Bertz CT molecular complexity index is 590. The second-order valence-electron chi connectivity index (χ2n) is 7.80. The Hall–Kier alpha value is -1.46. The van der Waals surface area contributed by atoms with Crippen molar-refractivity contribution in [1.29, 1.82) is 0 Å². The minimum absolute atomic E-state index is 0.222. The summed E-state index contributed by atoms with van der Waals surface area (Å²) in [6, 6.07) is 6.00. The van der Waals surface area contributed by atoms with E-state index in [1.807, 2.05) is 30.0 Å². The summed E-state index contributed by atoms with van der Waals surface area (Å²) in [5.74, 6) is 1.64. The van der Waals surface area contributed by atoms with Crippen LogP contribution in [0.4, 0.5) is 0 Å². The summed E-state index contributed by atoms with van der Waals surface area (Å²) in [6.45, 7) is 9.86. The first kappa shape index (κ1) is 18.3. The zero-order valence-electron chi connectivity index (χ0n) is 15.6. The van der Waals surface area contributed by atoms with Crippen LogP contribution in [0.2, 0.25) is 0 Å². The highest BCUT2D eigenvalue weighted by Crippen LogP contribution is 2.35. The van der Waals surface area contributed by atoms with Gasteiger partial charge in [-0.05, 0) is 37.3 Å². The number of carbonyl (C=O) groups excluding carboxylic acids is 1. The van der Waals surface area contributed by atoms with Gasteiger partial charge in [-0.1, -0.05) is 19.9 Å². The Labute approximate surface area is 150 Å². The van der Waals surface area contributed by atoms with E-state index in [1.165, 1.54) is 0 Å². The monoisotopic (exact) mass is 346 g/mol. The molecule has 2 aliphatic rings. The van der Waals surface area contributed by atoms with Gasteiger partial charge in [-0.25, -0.2) is 0 Å². The van der Waals surface area contributed by atoms with Gasteiger partial charge in [0.15, 0.2) is 0 Å². The number of pyridine rings is 1. The number of carbonyl (C=O) groups is 1. The fraction of sp³-hybridized carbons (Fsp3) is 0.700. The average molecular weight is 346 g/mol. The quantitative estimate of drug-likeness (QED) is 0.713. The third-order valence-corrected chi connectivity index (χ3v) is 5.20. The van der Waals surface area contributed by atoms with E-state index in [9.17, 15) is 4.79 Å². The standard InChI is InChI=1S/C20H30N2O3/c1-14(2)9-20(23)22-10-18-16(12-25-19(18)11-22)7-8-24-13-17-6-4-5-15(3)21-17/h4-6,14,16,18-19H,7-13H2,1-3H3/t16-,18-,19-/m0/s1. The van der Waals surface area contributed by atoms with Crippen LogP contribution < -0.4 is 0 Å². The van der Waals surface area contributed by atoms with Gasteiger partial charge in [-0.2, -0.15) is 0 Å². The minimum atomic E-state index is 0.222. The second-order valence-corrected chi connectivity index (χ2v) is 7.80. The third kappa shape index (κ3) is 4.79. The molecule has 0 saturated carbocycles. The van der Waals surface area contributed by atoms with Crippen molar-refractivity contribution in [2.24, 2.45) is 17.8 Å². The van der Waals surface area contributed by atoms with Gasteiger partial charge >= 0.3 is 0 Å². The molecule has 0 spiro atoms. The molecule has 2 fully saturated rings. The Morgan fingerprint density at radius 3 is 3.00 bits per heavy atom. The van der Waals surface area contributed by atoms with Crippen LogP contribution in [-0.4, -0.2) is 48.2 Å². The molecule has 3 atom stereocenters. The van der Waals surface area contributed by atoms with Crippen LogP contribution in [0.15, 0.2) is 18.2 Å². The van der Waals surface area contributed by atoms with Crippen molar-refractivity contribution in [3.8, 4) is 0 Å². The molecule has 3 rings (SSSR count). The molecule has 1 aromatic heterocycles. The molecule has 2 aliphatic heterocycles. The molecule has 5 nitrogen and oxygen atoms in total. The van der Waals surface area contributed by atoms with Crippen LogP contribution in [0.3, 0.4) is 0 Å². The van der Waals surface area contributed by atoms with E-state index in [1.54, 1.807) is 0 Å². The van der Waals surface area contributed by atoms with E-state index in [-0.39, 0.29) is 12.0 Å². The summed E-state index contributed by atoms with van der Waals surface area (Å²) in [5, 5.41) is 0. The number of nitrogens with zero attached hydrogens (tertiary/aromatic N) is 2. The van der Waals surface area contributed by atoms with Crippen LogP contribution in [-0.2, 0) is 20.9 Å². The molecule has 0 N–H and O–H groups in total. The van der Waals surface area contributed by atoms with E-state index >= 15 is 0 Å². The van der Waals surface area contributed by atoms with Crippen molar-refractivity contribution in [2.45, 2.75) is 46.3 Å². The Morgan fingerprint density at radius 2 is 2.24 bits per heavy atom. The Morgan fingerprint density at radius 1 is 1.40 bits per heavy atom. The molecule has 138 valence electrons. The lowest BCUT2D eigenvalue weighted by Gasteiger charge is -2.20. The summed E-state index contributed by atoms with van der Waals surface area (Å²) in [5.41, 5.74) is 2.00. The Kier molecular flexibility index (Phi) is 6.07. The van der Waals surface area contributed by atoms with Gasteiger partial charge in [-0.15, -0.1) is 0 Å². The minimum Gasteiger partial charge on any atom is -0.376 e. The SMILES string of the molecule is Cc1cccc(COCC[C@H]2CO[C@H]3CN(C(=O)CC(C)C)C[C@@H]23)n1. The summed E-state index contributed by atoms with van der Waals surface area (Å²) in [4.78, 5) is 18.7. The maximum absolute atomic E-state index is 12.3. The zero-order valence-corrected chi connectivity index (χ0v) is 15.6. The van der Waals surface area contributed by atoms with Crippen LogP contribution >= 0.6 is 0 Å². The van der Waals surface area contributed by atoms with Gasteiger partial charge in [0.2, 0.25) is 5.91 Å². The molecule has 1 amide bonds. The van der Waals surface area contributed by atoms with E-state index in [4.69, 9.17) is 9.47 Å². The number of likely N-dealkylation sites (tertiary alicyclic amines) is 1. The average Bonchev–Trinajstić information content (AvgIpc) is 3.12. The molecule has 0 bridgehead atoms. The molecule has 0 aliphatic carbocycles. The molecule has 0 radical (unpaired) electrons. The molecule has 25 heavy (non-hydrogen) atoms. The number of fused-ring (bicyclic) bond motifs is 1. The van der Waals surface area contributed by atoms with Crippen LogP contribution in [0.5, 0.6) is 0 Å². The number of aryl methyl sites for hydroxylation is 1. The normalized spacial score (nSPS) is 25.6. The van der Waals surface area contributed by atoms with E-state index in [2.05, 4.69) is 18.8 Å². The number of ether oxygens (including phenoxy) is 2. The van der Waals surface area contributed by atoms with Crippen molar-refractivity contribution >= 4 is 5.91 Å². The van der Waals surface area contributed by atoms with Gasteiger partial charge in [0.25, 0.3) is 0 Å². The van der Waals surface area contributed by atoms with Gasteiger partial charge in [0.1, 0.15) is 0 Å². The molecule has 3 heterocycles. The number of hydrogen-bond donors (Lipinski definition) is 0. The molecule has 0 aromatic carbocycles. The predicted octanol–water partition coefficient (Wildman–Crippen LogP) is 2.82. The van der Waals surface area contributed by atoms with Crippen LogP contribution in [0, 0.1) is 24.7 Å². The highest BCUT2D eigenvalue weighted by atomic mass is 16.5. The van der Waals surface area contributed by atoms with Gasteiger partial charge in [0, 0.05) is 37.7 Å². The maximum Gasteiger partial charge on any atom is 0.222 e. The highest BCUT2D eigenvalue weighted by Gasteiger charge is 2.44. The van der Waals surface area contributed by atoms with Crippen molar-refractivity contribution in [2.75, 3.05) is 26.3 Å². The fourth-order valence-corrected chi connectivity index (χ4v) is 3.87. The lowest BCUT2D eigenvalue weighted by molar-refractivity contribution is -0.131. The second kappa shape index (κ2) is 8.28. The lowest BCUT2D eigenvalue weighted by Crippen LogP contribution is -2.32. The topological polar surface area (TPSA) is 51.7 Å². The fourth-order valence-electron chi connectivity index (χ4n) is 3.87. The molecule has 5 heteroatoms. The van der Waals surface area contributed by atoms with Gasteiger partial charge < -0.3 is 14.4 Å². The third-order valence-electron chi connectivity index (χ3n) is 5.20. The Balaban J connectivity index is 1.41. The number of amides is 1. The zero-order chi connectivity index (χ0) is 17.8. The number of rotatable bonds is 7. The van der Waals surface area contributed by atoms with Crippen LogP contribution in [0.25, 0.3) is 0 Å². The van der Waals surface area contributed by atoms with E-state index in [0.717, 1.165) is 37.5 Å². The van der Waals surface area contributed by atoms with Crippen molar-refractivity contribution in [1.82, 2.24) is 9.88 Å². The molecule has 1 aromatic rings. The van der Waals surface area contributed by atoms with Crippen molar-refractivity contribution < 1.29 is 14.3 Å². The summed E-state index contributed by atoms with van der Waals surface area (Å²) in [7, 11) is 0. The molecular weight excluding hydrogens is 316 g/mol. The first-order chi connectivity index (χ1) is 12.0. The highest BCUT2D eigenvalue weighted by molar-refractivity contribution is 5.76. The summed E-state index contributed by atoms with van der Waals surface area (Å²) < 4.78 is 11.8. The maximum atomic E-state index is 12.3. The predicted molar refractivity (Wildman–Crippen MR) is 96.0 cm³/mol. The largest absolute Gasteiger partial charge is 0.376 e. The first-order valence-electron chi connectivity index (χ1n) is 9.42. The first-order valence-corrected chi connectivity index (χ1v) is 9.42. The van der Waals surface area contributed by atoms with Crippen molar-refractivity contribution in [3.05, 3.63) is 29.6 Å². The van der Waals surface area contributed by atoms with Gasteiger partial charge in [0.05, 0.1) is 25.0 Å². The summed E-state index contributed by atoms with van der Waals surface area (Å²) >= 11 is 0. The van der Waals surface area contributed by atoms with E-state index in [0.29, 0.717) is 37.4 Å². The number of hydrogen-bond acceptors (Lipinski definition) is 4. The molecule has 2 saturated heterocycles. The van der Waals surface area contributed by atoms with Crippen LogP contribution in [0.1, 0.15) is 38.1 Å². The lowest BCUT2D eigenvalue weighted by atomic mass is 9.91. The smallest absolute Gasteiger partial charge is 0.222 e. The molecular formula is C20H30N2O3.